The Hall–Kier alpha value is -2.78. The van der Waals surface area contributed by atoms with Gasteiger partial charge in [0.1, 0.15) is 5.75 Å². The van der Waals surface area contributed by atoms with Crippen molar-refractivity contribution in [1.29, 1.82) is 0 Å². The van der Waals surface area contributed by atoms with Crippen molar-refractivity contribution in [2.75, 3.05) is 17.7 Å². The molecule has 0 saturated carbocycles. The fourth-order valence-electron chi connectivity index (χ4n) is 2.55. The van der Waals surface area contributed by atoms with Crippen LogP contribution < -0.4 is 15.4 Å². The molecule has 2 heterocycles. The molecule has 7 nitrogen and oxygen atoms in total. The minimum atomic E-state index is -0.241. The zero-order valence-corrected chi connectivity index (χ0v) is 18.1. The van der Waals surface area contributed by atoms with E-state index in [0.29, 0.717) is 28.0 Å². The Labute approximate surface area is 177 Å². The van der Waals surface area contributed by atoms with Crippen LogP contribution in [0, 0.1) is 6.92 Å². The highest BCUT2D eigenvalue weighted by Gasteiger charge is 2.16. The van der Waals surface area contributed by atoms with Gasteiger partial charge in [-0.3, -0.25) is 14.9 Å². The van der Waals surface area contributed by atoms with Gasteiger partial charge < -0.3 is 10.1 Å². The summed E-state index contributed by atoms with van der Waals surface area (Å²) in [7, 11) is 1.58. The summed E-state index contributed by atoms with van der Waals surface area (Å²) in [6.45, 7) is 3.92. The van der Waals surface area contributed by atoms with E-state index in [1.807, 2.05) is 19.2 Å². The molecule has 0 fully saturated rings. The molecular weight excluding hydrogens is 408 g/mol. The Morgan fingerprint density at radius 1 is 1.10 bits per heavy atom. The van der Waals surface area contributed by atoms with Crippen LogP contribution in [0.2, 0.25) is 0 Å². The van der Waals surface area contributed by atoms with Gasteiger partial charge in [0.05, 0.1) is 23.4 Å². The number of hydrogen-bond acceptors (Lipinski definition) is 7. The molecule has 2 amide bonds. The Morgan fingerprint density at radius 3 is 2.55 bits per heavy atom. The van der Waals surface area contributed by atoms with Crippen LogP contribution in [0.5, 0.6) is 5.75 Å². The lowest BCUT2D eigenvalue weighted by molar-refractivity contribution is -0.116. The molecule has 0 aliphatic carbocycles. The van der Waals surface area contributed by atoms with Gasteiger partial charge in [0, 0.05) is 17.4 Å². The first-order valence-electron chi connectivity index (χ1n) is 9.18. The van der Waals surface area contributed by atoms with Gasteiger partial charge in [0.2, 0.25) is 5.91 Å². The molecule has 0 aliphatic rings. The Balaban J connectivity index is 1.68. The molecule has 3 rings (SSSR count). The lowest BCUT2D eigenvalue weighted by Gasteiger charge is -2.03. The van der Waals surface area contributed by atoms with Crippen molar-refractivity contribution in [3.05, 3.63) is 40.9 Å². The van der Waals surface area contributed by atoms with Crippen molar-refractivity contribution >= 4 is 44.8 Å². The average Bonchev–Trinajstić information content (AvgIpc) is 3.32. The van der Waals surface area contributed by atoms with Crippen LogP contribution in [-0.2, 0) is 4.79 Å². The molecule has 2 aromatic heterocycles. The number of carbonyl (C=O) groups is 2. The first kappa shape index (κ1) is 20.9. The van der Waals surface area contributed by atoms with E-state index < -0.39 is 0 Å². The number of carbonyl (C=O) groups excluding carboxylic acids is 2. The smallest absolute Gasteiger partial charge is 0.257 e. The van der Waals surface area contributed by atoms with Crippen molar-refractivity contribution in [3.8, 4) is 16.3 Å². The second-order valence-corrected chi connectivity index (χ2v) is 8.16. The highest BCUT2D eigenvalue weighted by atomic mass is 32.1. The van der Waals surface area contributed by atoms with E-state index in [-0.39, 0.29) is 11.8 Å². The average molecular weight is 431 g/mol. The minimum Gasteiger partial charge on any atom is -0.497 e. The third-order valence-corrected chi connectivity index (χ3v) is 5.96. The van der Waals surface area contributed by atoms with Crippen LogP contribution in [-0.4, -0.2) is 28.9 Å². The molecule has 0 radical (unpaired) electrons. The number of methoxy groups -OCH3 is 1. The number of benzene rings is 1. The third kappa shape index (κ3) is 5.39. The van der Waals surface area contributed by atoms with Crippen LogP contribution in [0.3, 0.4) is 0 Å². The molecule has 29 heavy (non-hydrogen) atoms. The van der Waals surface area contributed by atoms with Crippen LogP contribution in [0.1, 0.15) is 42.2 Å². The molecule has 1 aromatic carbocycles. The van der Waals surface area contributed by atoms with Gasteiger partial charge in [-0.1, -0.05) is 24.7 Å². The number of amides is 2. The number of aromatic nitrogens is 2. The highest BCUT2D eigenvalue weighted by molar-refractivity contribution is 7.20. The predicted molar refractivity (Wildman–Crippen MR) is 117 cm³/mol. The van der Waals surface area contributed by atoms with Crippen molar-refractivity contribution in [3.63, 3.8) is 0 Å². The summed E-state index contributed by atoms with van der Waals surface area (Å²) < 4.78 is 5.11. The summed E-state index contributed by atoms with van der Waals surface area (Å²) in [5, 5.41) is 8.60. The van der Waals surface area contributed by atoms with Crippen LogP contribution in [0.4, 0.5) is 10.3 Å². The van der Waals surface area contributed by atoms with Gasteiger partial charge in [-0.25, -0.2) is 9.97 Å². The molecule has 9 heteroatoms. The summed E-state index contributed by atoms with van der Waals surface area (Å²) >= 11 is 2.73. The second kappa shape index (κ2) is 9.62. The normalized spacial score (nSPS) is 10.6. The van der Waals surface area contributed by atoms with Crippen molar-refractivity contribution in [2.24, 2.45) is 0 Å². The molecular formula is C20H22N4O3S2. The standard InChI is InChI=1S/C20H22N4O3S2/c1-4-5-6-16(25)23-19-22-15(11-28-19)17-12(2)21-20(29-17)24-18(26)13-7-9-14(27-3)10-8-13/h7-11H,4-6H2,1-3H3,(H,21,24,26)(H,22,23,25). The maximum atomic E-state index is 12.4. The molecule has 0 atom stereocenters. The predicted octanol–water partition coefficient (Wildman–Crippen LogP) is 4.96. The first-order valence-corrected chi connectivity index (χ1v) is 10.9. The van der Waals surface area contributed by atoms with Gasteiger partial charge in [-0.15, -0.1) is 11.3 Å². The summed E-state index contributed by atoms with van der Waals surface area (Å²) in [4.78, 5) is 34.1. The van der Waals surface area contributed by atoms with Crippen molar-refractivity contribution in [2.45, 2.75) is 33.1 Å². The molecule has 0 bridgehead atoms. The van der Waals surface area contributed by atoms with Gasteiger partial charge in [0.15, 0.2) is 10.3 Å². The fraction of sp³-hybridized carbons (Fsp3) is 0.300. The molecule has 2 N–H and O–H groups in total. The fourth-order valence-corrected chi connectivity index (χ4v) is 4.27. The Morgan fingerprint density at radius 2 is 1.86 bits per heavy atom. The van der Waals surface area contributed by atoms with Crippen LogP contribution in [0.25, 0.3) is 10.6 Å². The molecule has 152 valence electrons. The van der Waals surface area contributed by atoms with Crippen molar-refractivity contribution < 1.29 is 14.3 Å². The van der Waals surface area contributed by atoms with Crippen LogP contribution >= 0.6 is 22.7 Å². The lowest BCUT2D eigenvalue weighted by Crippen LogP contribution is -2.11. The lowest BCUT2D eigenvalue weighted by atomic mass is 10.2. The molecule has 0 spiro atoms. The Kier molecular flexibility index (Phi) is 6.95. The largest absolute Gasteiger partial charge is 0.497 e. The van der Waals surface area contributed by atoms with Gasteiger partial charge in [0.25, 0.3) is 5.91 Å². The van der Waals surface area contributed by atoms with Crippen molar-refractivity contribution in [1.82, 2.24) is 9.97 Å². The van der Waals surface area contributed by atoms with E-state index >= 15 is 0 Å². The highest BCUT2D eigenvalue weighted by Crippen LogP contribution is 2.34. The zero-order valence-electron chi connectivity index (χ0n) is 16.4. The van der Waals surface area contributed by atoms with E-state index in [2.05, 4.69) is 20.6 Å². The van der Waals surface area contributed by atoms with Crippen LogP contribution in [0.15, 0.2) is 29.6 Å². The number of aryl methyl sites for hydroxylation is 1. The molecule has 0 aliphatic heterocycles. The number of ether oxygens (including phenoxy) is 1. The maximum Gasteiger partial charge on any atom is 0.257 e. The van der Waals surface area contributed by atoms with Gasteiger partial charge in [-0.05, 0) is 37.6 Å². The van der Waals surface area contributed by atoms with E-state index in [1.54, 1.807) is 31.4 Å². The third-order valence-electron chi connectivity index (χ3n) is 4.11. The van der Waals surface area contributed by atoms with Gasteiger partial charge >= 0.3 is 0 Å². The number of unbranched alkanes of at least 4 members (excludes halogenated alkanes) is 1. The summed E-state index contributed by atoms with van der Waals surface area (Å²) in [6.07, 6.45) is 2.32. The number of nitrogens with one attached hydrogen (secondary N) is 2. The SMILES string of the molecule is CCCCC(=O)Nc1nc(-c2sc(NC(=O)c3ccc(OC)cc3)nc2C)cs1. The molecule has 0 unspecified atom stereocenters. The zero-order chi connectivity index (χ0) is 20.8. The number of rotatable bonds is 8. The first-order chi connectivity index (χ1) is 14.0. The summed E-state index contributed by atoms with van der Waals surface area (Å²) in [5.74, 6) is 0.423. The second-order valence-electron chi connectivity index (χ2n) is 6.31. The summed E-state index contributed by atoms with van der Waals surface area (Å²) in [5.41, 5.74) is 2.03. The topological polar surface area (TPSA) is 93.2 Å². The minimum absolute atomic E-state index is 0.0266. The van der Waals surface area contributed by atoms with E-state index in [1.165, 1.54) is 22.7 Å². The Bertz CT molecular complexity index is 996. The quantitative estimate of drug-likeness (QED) is 0.527. The van der Waals surface area contributed by atoms with E-state index in [0.717, 1.165) is 29.1 Å². The van der Waals surface area contributed by atoms with E-state index in [9.17, 15) is 9.59 Å². The number of anilines is 2. The van der Waals surface area contributed by atoms with Gasteiger partial charge in [-0.2, -0.15) is 0 Å². The summed E-state index contributed by atoms with van der Waals surface area (Å²) in [6, 6.07) is 6.87. The molecule has 3 aromatic rings. The number of hydrogen-bond donors (Lipinski definition) is 2. The maximum absolute atomic E-state index is 12.4. The molecule has 0 saturated heterocycles. The monoisotopic (exact) mass is 430 g/mol. The number of nitrogens with zero attached hydrogens (tertiary/aromatic N) is 2. The number of thiazole rings is 2. The van der Waals surface area contributed by atoms with E-state index in [4.69, 9.17) is 4.74 Å².